The van der Waals surface area contributed by atoms with Gasteiger partial charge >= 0.3 is 24.3 Å². The highest BCUT2D eigenvalue weighted by molar-refractivity contribution is 7.89. The second-order valence-corrected chi connectivity index (χ2v) is 11.3. The molecule has 16 heteroatoms. The molecule has 0 saturated carbocycles. The summed E-state index contributed by atoms with van der Waals surface area (Å²) < 4.78 is 90.9. The third-order valence-corrected chi connectivity index (χ3v) is 8.52. The highest BCUT2D eigenvalue weighted by atomic mass is 32.2. The number of sulfonamides is 1. The minimum Gasteiger partial charge on any atom is -0.475 e. The number of rotatable bonds is 5. The third-order valence-electron chi connectivity index (χ3n) is 6.68. The Bertz CT molecular complexity index is 1040. The molecule has 3 saturated heterocycles. The van der Waals surface area contributed by atoms with Gasteiger partial charge in [-0.05, 0) is 51.0 Å². The molecule has 39 heavy (non-hydrogen) atoms. The van der Waals surface area contributed by atoms with Crippen molar-refractivity contribution < 1.29 is 54.6 Å². The fourth-order valence-corrected chi connectivity index (χ4v) is 6.32. The molecular formula is C23H31F6N3O6S. The normalized spacial score (nSPS) is 22.9. The van der Waals surface area contributed by atoms with Gasteiger partial charge in [0.15, 0.2) is 0 Å². The number of carbonyl (C=O) groups is 2. The maximum Gasteiger partial charge on any atom is 0.490 e. The van der Waals surface area contributed by atoms with Crippen molar-refractivity contribution in [2.45, 2.75) is 55.5 Å². The zero-order valence-corrected chi connectivity index (χ0v) is 21.8. The fourth-order valence-electron chi connectivity index (χ4n) is 4.79. The van der Waals surface area contributed by atoms with E-state index >= 15 is 0 Å². The highest BCUT2D eigenvalue weighted by Crippen LogP contribution is 2.38. The summed E-state index contributed by atoms with van der Waals surface area (Å²) in [6, 6.07) is 9.95. The van der Waals surface area contributed by atoms with Crippen LogP contribution in [0.2, 0.25) is 0 Å². The Balaban J connectivity index is 0.000000317. The summed E-state index contributed by atoms with van der Waals surface area (Å²) in [5, 5.41) is 14.2. The average Bonchev–Trinajstić information content (AvgIpc) is 3.17. The second kappa shape index (κ2) is 13.3. The summed E-state index contributed by atoms with van der Waals surface area (Å²) in [6.45, 7) is 8.26. The van der Waals surface area contributed by atoms with Gasteiger partial charge in [0.05, 0.1) is 4.90 Å². The molecule has 2 N–H and O–H groups in total. The zero-order chi connectivity index (χ0) is 29.6. The van der Waals surface area contributed by atoms with Crippen molar-refractivity contribution in [2.24, 2.45) is 5.92 Å². The predicted octanol–water partition coefficient (Wildman–Crippen LogP) is 3.13. The molecule has 0 amide bonds. The smallest absolute Gasteiger partial charge is 0.475 e. The molecule has 4 rings (SSSR count). The number of halogens is 6. The lowest BCUT2D eigenvalue weighted by atomic mass is 9.87. The lowest BCUT2D eigenvalue weighted by molar-refractivity contribution is -0.193. The van der Waals surface area contributed by atoms with Crippen LogP contribution in [0.1, 0.15) is 26.2 Å². The number of fused-ring (bicyclic) bond motifs is 1. The van der Waals surface area contributed by atoms with Gasteiger partial charge in [0.1, 0.15) is 0 Å². The van der Waals surface area contributed by atoms with Crippen LogP contribution in [0.4, 0.5) is 26.3 Å². The molecule has 0 bridgehead atoms. The van der Waals surface area contributed by atoms with Gasteiger partial charge in [-0.3, -0.25) is 4.90 Å². The fraction of sp³-hybridized carbons (Fsp3) is 0.652. The lowest BCUT2D eigenvalue weighted by Crippen LogP contribution is -2.61. The number of carboxylic acid groups (broad SMARTS) is 2. The number of alkyl halides is 6. The predicted molar refractivity (Wildman–Crippen MR) is 126 cm³/mol. The third kappa shape index (κ3) is 9.05. The van der Waals surface area contributed by atoms with Crippen LogP contribution in [0.3, 0.4) is 0 Å². The largest absolute Gasteiger partial charge is 0.490 e. The van der Waals surface area contributed by atoms with Crippen LogP contribution in [0, 0.1) is 5.92 Å². The number of hydrogen-bond donors (Lipinski definition) is 2. The van der Waals surface area contributed by atoms with Crippen molar-refractivity contribution in [1.82, 2.24) is 14.1 Å². The van der Waals surface area contributed by atoms with Gasteiger partial charge in [-0.2, -0.15) is 30.6 Å². The van der Waals surface area contributed by atoms with Crippen LogP contribution in [-0.4, -0.2) is 108 Å². The van der Waals surface area contributed by atoms with Crippen molar-refractivity contribution in [1.29, 1.82) is 0 Å². The van der Waals surface area contributed by atoms with Gasteiger partial charge in [-0.25, -0.2) is 18.0 Å². The van der Waals surface area contributed by atoms with E-state index < -0.39 is 34.3 Å². The molecule has 0 radical (unpaired) electrons. The van der Waals surface area contributed by atoms with E-state index in [1.807, 2.05) is 6.07 Å². The number of carboxylic acids is 2. The minimum atomic E-state index is -5.08. The average molecular weight is 592 g/mol. The van der Waals surface area contributed by atoms with E-state index in [1.165, 1.54) is 38.9 Å². The van der Waals surface area contributed by atoms with Gasteiger partial charge in [-0.15, -0.1) is 0 Å². The number of nitrogens with zero attached hydrogens (tertiary/aromatic N) is 3. The summed E-state index contributed by atoms with van der Waals surface area (Å²) in [4.78, 5) is 23.4. The molecule has 3 aliphatic heterocycles. The van der Waals surface area contributed by atoms with Crippen molar-refractivity contribution in [2.75, 3.05) is 39.3 Å². The number of aliphatic carboxylic acids is 2. The first-order chi connectivity index (χ1) is 18.0. The first-order valence-electron chi connectivity index (χ1n) is 12.1. The summed E-state index contributed by atoms with van der Waals surface area (Å²) in [5.41, 5.74) is 0. The van der Waals surface area contributed by atoms with Gasteiger partial charge in [0, 0.05) is 37.6 Å². The van der Waals surface area contributed by atoms with Gasteiger partial charge in [0.25, 0.3) is 0 Å². The number of benzene rings is 1. The lowest BCUT2D eigenvalue weighted by Gasteiger charge is -2.50. The SMILES string of the molecule is CCCN1CCC(N2CC3CN(S(=O)(=O)c4ccccc4)CC32)CC1.O=C(O)C(F)(F)F.O=C(O)C(F)(F)F. The minimum absolute atomic E-state index is 0.427. The number of piperidine rings is 1. The molecule has 0 aliphatic carbocycles. The molecule has 2 atom stereocenters. The molecule has 1 aromatic carbocycles. The zero-order valence-electron chi connectivity index (χ0n) is 21.0. The second-order valence-electron chi connectivity index (χ2n) is 9.34. The quantitative estimate of drug-likeness (QED) is 0.502. The first-order valence-corrected chi connectivity index (χ1v) is 13.6. The van der Waals surface area contributed by atoms with E-state index in [4.69, 9.17) is 19.8 Å². The Morgan fingerprint density at radius 3 is 1.82 bits per heavy atom. The topological polar surface area (TPSA) is 118 Å². The van der Waals surface area contributed by atoms with E-state index in [1.54, 1.807) is 28.6 Å². The van der Waals surface area contributed by atoms with Crippen LogP contribution in [-0.2, 0) is 19.6 Å². The summed E-state index contributed by atoms with van der Waals surface area (Å²) in [7, 11) is -3.34. The standard InChI is InChI=1S/C19H29N3O2S.2C2HF3O2/c1-2-10-20-11-8-17(9-12-20)22-14-16-13-21(15-19(16)22)25(23,24)18-6-4-3-5-7-18;2*3-2(4,5)1(6)7/h3-7,16-17,19H,2,8-15H2,1H3;2*(H,6,7). The first kappa shape index (κ1) is 32.8. The maximum atomic E-state index is 12.9. The summed E-state index contributed by atoms with van der Waals surface area (Å²) in [5.74, 6) is -4.99. The Morgan fingerprint density at radius 2 is 1.38 bits per heavy atom. The van der Waals surface area contributed by atoms with Crippen LogP contribution in [0.15, 0.2) is 35.2 Å². The maximum absolute atomic E-state index is 12.9. The van der Waals surface area contributed by atoms with Crippen molar-refractivity contribution in [3.05, 3.63) is 30.3 Å². The summed E-state index contributed by atoms with van der Waals surface area (Å²) in [6.07, 6.45) is -6.48. The van der Waals surface area contributed by atoms with Crippen LogP contribution >= 0.6 is 0 Å². The van der Waals surface area contributed by atoms with E-state index in [-0.39, 0.29) is 0 Å². The van der Waals surface area contributed by atoms with Crippen molar-refractivity contribution in [3.8, 4) is 0 Å². The Kier molecular flexibility index (Phi) is 11.2. The van der Waals surface area contributed by atoms with Gasteiger partial charge in [0.2, 0.25) is 10.0 Å². The van der Waals surface area contributed by atoms with Crippen LogP contribution in [0.5, 0.6) is 0 Å². The van der Waals surface area contributed by atoms with Crippen molar-refractivity contribution >= 4 is 22.0 Å². The number of hydrogen-bond acceptors (Lipinski definition) is 6. The Labute approximate surface area is 222 Å². The molecule has 9 nitrogen and oxygen atoms in total. The molecule has 1 aromatic rings. The van der Waals surface area contributed by atoms with Crippen LogP contribution < -0.4 is 0 Å². The van der Waals surface area contributed by atoms with Gasteiger partial charge < -0.3 is 15.1 Å². The van der Waals surface area contributed by atoms with Crippen molar-refractivity contribution in [3.63, 3.8) is 0 Å². The molecule has 222 valence electrons. The van der Waals surface area contributed by atoms with E-state index in [0.717, 1.165) is 6.54 Å². The number of likely N-dealkylation sites (tertiary alicyclic amines) is 2. The molecular weight excluding hydrogens is 560 g/mol. The highest BCUT2D eigenvalue weighted by Gasteiger charge is 2.51. The Morgan fingerprint density at radius 1 is 0.897 bits per heavy atom. The summed E-state index contributed by atoms with van der Waals surface area (Å²) >= 11 is 0. The Hall–Kier alpha value is -2.43. The van der Waals surface area contributed by atoms with E-state index in [2.05, 4.69) is 16.7 Å². The molecule has 2 unspecified atom stereocenters. The molecule has 0 spiro atoms. The molecule has 0 aromatic heterocycles. The van der Waals surface area contributed by atoms with Crippen LogP contribution in [0.25, 0.3) is 0 Å². The molecule has 3 aliphatic rings. The molecule has 3 fully saturated rings. The van der Waals surface area contributed by atoms with E-state index in [9.17, 15) is 34.8 Å². The monoisotopic (exact) mass is 591 g/mol. The van der Waals surface area contributed by atoms with Gasteiger partial charge in [-0.1, -0.05) is 25.1 Å². The molecule has 3 heterocycles. The van der Waals surface area contributed by atoms with E-state index in [0.29, 0.717) is 36.0 Å².